The minimum Gasteiger partial charge on any atom is -0.483 e. The molecule has 3 heterocycles. The molecule has 1 aromatic carbocycles. The van der Waals surface area contributed by atoms with Crippen molar-refractivity contribution in [3.63, 3.8) is 0 Å². The lowest BCUT2D eigenvalue weighted by Gasteiger charge is -2.39. The Hall–Kier alpha value is -4.19. The number of allylic oxidation sites excluding steroid dienone is 2. The molecule has 12 nitrogen and oxygen atoms in total. The number of aromatic amines is 1. The lowest BCUT2D eigenvalue weighted by Crippen LogP contribution is -2.54. The molecule has 40 heavy (non-hydrogen) atoms. The third kappa shape index (κ3) is 6.33. The van der Waals surface area contributed by atoms with E-state index in [0.717, 1.165) is 16.5 Å². The summed E-state index contributed by atoms with van der Waals surface area (Å²) in [5, 5.41) is 6.64. The first-order valence-electron chi connectivity index (χ1n) is 12.9. The van der Waals surface area contributed by atoms with Crippen LogP contribution in [0.5, 0.6) is 0 Å². The maximum Gasteiger partial charge on any atom is 0.269 e. The van der Waals surface area contributed by atoms with E-state index in [-0.39, 0.29) is 60.6 Å². The van der Waals surface area contributed by atoms with Crippen LogP contribution in [0, 0.1) is 17.8 Å². The standard InChI is InChI=1S/C27H34ClN7O5/c1-31-24(36)10-33-26(38)20-14-34(25(37)7-15-9-32-22-8-17(28)3-4-18(15)22)11-16-12-35(13-19(16)20)27(39)21(29)5-6-23(30)40-2/h3-6,8-9,16,19-20,32H,7,10-14,29-30H2,1-2H3,(H,31,36)(H,33,38)/b21-5-,23-6+. The highest BCUT2D eigenvalue weighted by atomic mass is 35.5. The van der Waals surface area contributed by atoms with Gasteiger partial charge in [-0.2, -0.15) is 0 Å². The molecule has 4 amide bonds. The fourth-order valence-corrected chi connectivity index (χ4v) is 5.56. The van der Waals surface area contributed by atoms with Crippen molar-refractivity contribution in [3.8, 4) is 0 Å². The van der Waals surface area contributed by atoms with Crippen LogP contribution in [0.3, 0.4) is 0 Å². The molecule has 0 spiro atoms. The van der Waals surface area contributed by atoms with Crippen LogP contribution < -0.4 is 22.1 Å². The van der Waals surface area contributed by atoms with Gasteiger partial charge in [0, 0.05) is 55.3 Å². The van der Waals surface area contributed by atoms with E-state index in [4.69, 9.17) is 27.8 Å². The number of nitrogens with one attached hydrogen (secondary N) is 3. The van der Waals surface area contributed by atoms with Crippen LogP contribution in [-0.2, 0) is 30.3 Å². The average Bonchev–Trinajstić information content (AvgIpc) is 3.56. The number of halogens is 1. The van der Waals surface area contributed by atoms with Crippen LogP contribution in [0.4, 0.5) is 0 Å². The lowest BCUT2D eigenvalue weighted by molar-refractivity contribution is -0.139. The number of rotatable bonds is 8. The Balaban J connectivity index is 1.53. The number of piperidine rings is 1. The molecule has 3 atom stereocenters. The number of amides is 4. The number of H-pyrrole nitrogens is 1. The summed E-state index contributed by atoms with van der Waals surface area (Å²) in [6.07, 6.45) is 4.69. The molecular weight excluding hydrogens is 538 g/mol. The number of hydrogen-bond donors (Lipinski definition) is 5. The largest absolute Gasteiger partial charge is 0.483 e. The van der Waals surface area contributed by atoms with Gasteiger partial charge >= 0.3 is 0 Å². The fourth-order valence-electron chi connectivity index (χ4n) is 5.38. The van der Waals surface area contributed by atoms with E-state index >= 15 is 0 Å². The van der Waals surface area contributed by atoms with E-state index in [1.54, 1.807) is 28.1 Å². The van der Waals surface area contributed by atoms with Crippen molar-refractivity contribution < 1.29 is 23.9 Å². The Morgan fingerprint density at radius 2 is 1.88 bits per heavy atom. The van der Waals surface area contributed by atoms with Crippen molar-refractivity contribution in [2.45, 2.75) is 6.42 Å². The van der Waals surface area contributed by atoms with E-state index in [0.29, 0.717) is 24.7 Å². The van der Waals surface area contributed by atoms with Gasteiger partial charge in [0.2, 0.25) is 17.7 Å². The van der Waals surface area contributed by atoms with Crippen LogP contribution >= 0.6 is 11.6 Å². The van der Waals surface area contributed by atoms with E-state index in [9.17, 15) is 19.2 Å². The van der Waals surface area contributed by atoms with Gasteiger partial charge in [-0.25, -0.2) is 0 Å². The Morgan fingerprint density at radius 3 is 2.60 bits per heavy atom. The van der Waals surface area contributed by atoms with Crippen molar-refractivity contribution in [3.05, 3.63) is 58.7 Å². The minimum atomic E-state index is -0.610. The lowest BCUT2D eigenvalue weighted by atomic mass is 9.79. The summed E-state index contributed by atoms with van der Waals surface area (Å²) in [5.74, 6) is -2.07. The molecule has 13 heteroatoms. The average molecular weight is 572 g/mol. The topological polar surface area (TPSA) is 176 Å². The Bertz CT molecular complexity index is 1370. The number of nitrogens with two attached hydrogens (primary N) is 2. The zero-order chi connectivity index (χ0) is 29.0. The molecule has 2 aliphatic rings. The molecule has 0 radical (unpaired) electrons. The highest BCUT2D eigenvalue weighted by molar-refractivity contribution is 6.31. The number of hydrogen-bond acceptors (Lipinski definition) is 7. The number of methoxy groups -OCH3 is 1. The number of aromatic nitrogens is 1. The van der Waals surface area contributed by atoms with Gasteiger partial charge < -0.3 is 41.6 Å². The number of likely N-dealkylation sites (N-methyl/N-ethyl adjacent to an activating group) is 1. The molecule has 2 aromatic rings. The summed E-state index contributed by atoms with van der Waals surface area (Å²) < 4.78 is 4.87. The molecule has 2 fully saturated rings. The van der Waals surface area contributed by atoms with Crippen LogP contribution in [0.1, 0.15) is 5.56 Å². The maximum atomic E-state index is 13.5. The third-order valence-electron chi connectivity index (χ3n) is 7.54. The Morgan fingerprint density at radius 1 is 1.12 bits per heavy atom. The van der Waals surface area contributed by atoms with Gasteiger partial charge in [-0.15, -0.1) is 0 Å². The number of ether oxygens (including phenoxy) is 1. The van der Waals surface area contributed by atoms with Crippen LogP contribution in [0.25, 0.3) is 10.9 Å². The molecule has 7 N–H and O–H groups in total. The Kier molecular flexibility index (Phi) is 8.88. The first-order chi connectivity index (χ1) is 19.1. The highest BCUT2D eigenvalue weighted by Gasteiger charge is 2.47. The van der Waals surface area contributed by atoms with Gasteiger partial charge in [0.25, 0.3) is 5.91 Å². The van der Waals surface area contributed by atoms with Crippen molar-refractivity contribution in [2.24, 2.45) is 29.2 Å². The second kappa shape index (κ2) is 12.3. The summed E-state index contributed by atoms with van der Waals surface area (Å²) >= 11 is 6.09. The molecule has 0 saturated carbocycles. The molecule has 2 saturated heterocycles. The quantitative estimate of drug-likeness (QED) is 0.169. The predicted octanol–water partition coefficient (Wildman–Crippen LogP) is 0.0481. The number of carbonyl (C=O) groups excluding carboxylic acids is 4. The monoisotopic (exact) mass is 571 g/mol. The van der Waals surface area contributed by atoms with Crippen LogP contribution in [0.2, 0.25) is 5.02 Å². The van der Waals surface area contributed by atoms with Gasteiger partial charge in [0.1, 0.15) is 0 Å². The molecule has 1 aromatic heterocycles. The molecule has 2 aliphatic heterocycles. The molecule has 0 bridgehead atoms. The molecule has 0 aliphatic carbocycles. The second-order valence-corrected chi connectivity index (χ2v) is 10.4. The predicted molar refractivity (Wildman–Crippen MR) is 149 cm³/mol. The molecular formula is C27H34ClN7O5. The number of fused-ring (bicyclic) bond motifs is 2. The SMILES string of the molecule is CNC(=O)CNC(=O)C1CN(C(=O)Cc2c[nH]c3cc(Cl)ccc23)CC2CN(C(=O)/C(N)=C/C=C(\N)OC)CC21. The molecule has 4 rings (SSSR count). The van der Waals surface area contributed by atoms with E-state index in [1.807, 2.05) is 6.07 Å². The van der Waals surface area contributed by atoms with Crippen LogP contribution in [0.15, 0.2) is 48.1 Å². The minimum absolute atomic E-state index is 0.0216. The summed E-state index contributed by atoms with van der Waals surface area (Å²) in [5.41, 5.74) is 13.2. The number of benzene rings is 1. The normalized spacial score (nSPS) is 21.2. The number of likely N-dealkylation sites (tertiary alicyclic amines) is 2. The van der Waals surface area contributed by atoms with E-state index in [2.05, 4.69) is 15.6 Å². The van der Waals surface area contributed by atoms with E-state index in [1.165, 1.54) is 26.3 Å². The van der Waals surface area contributed by atoms with Crippen molar-refractivity contribution in [1.29, 1.82) is 0 Å². The summed E-state index contributed by atoms with van der Waals surface area (Å²) in [7, 11) is 2.89. The Labute approximate surface area is 236 Å². The first kappa shape index (κ1) is 28.8. The van der Waals surface area contributed by atoms with Gasteiger partial charge in [0.05, 0.1) is 31.7 Å². The van der Waals surface area contributed by atoms with Crippen molar-refractivity contribution in [1.82, 2.24) is 25.4 Å². The number of carbonyl (C=O) groups is 4. The van der Waals surface area contributed by atoms with Gasteiger partial charge in [-0.1, -0.05) is 17.7 Å². The van der Waals surface area contributed by atoms with E-state index < -0.39 is 11.8 Å². The van der Waals surface area contributed by atoms with Crippen molar-refractivity contribution in [2.75, 3.05) is 46.9 Å². The highest BCUT2D eigenvalue weighted by Crippen LogP contribution is 2.36. The second-order valence-electron chi connectivity index (χ2n) is 10.0. The summed E-state index contributed by atoms with van der Waals surface area (Å²) in [6.45, 7) is 1.01. The van der Waals surface area contributed by atoms with Gasteiger partial charge in [-0.3, -0.25) is 19.2 Å². The molecule has 214 valence electrons. The zero-order valence-electron chi connectivity index (χ0n) is 22.4. The summed E-state index contributed by atoms with van der Waals surface area (Å²) in [4.78, 5) is 58.0. The third-order valence-corrected chi connectivity index (χ3v) is 7.78. The van der Waals surface area contributed by atoms with Gasteiger partial charge in [0.15, 0.2) is 5.88 Å². The maximum absolute atomic E-state index is 13.5. The first-order valence-corrected chi connectivity index (χ1v) is 13.3. The number of nitrogens with zero attached hydrogens (tertiary/aromatic N) is 2. The smallest absolute Gasteiger partial charge is 0.269 e. The zero-order valence-corrected chi connectivity index (χ0v) is 23.2. The van der Waals surface area contributed by atoms with Gasteiger partial charge in [-0.05, 0) is 41.7 Å². The summed E-state index contributed by atoms with van der Waals surface area (Å²) in [6, 6.07) is 5.44. The molecule has 3 unspecified atom stereocenters. The van der Waals surface area contributed by atoms with Crippen molar-refractivity contribution >= 4 is 46.1 Å². The van der Waals surface area contributed by atoms with Crippen LogP contribution in [-0.4, -0.2) is 85.3 Å². The fraction of sp³-hybridized carbons (Fsp3) is 0.407.